The van der Waals surface area contributed by atoms with E-state index in [9.17, 15) is 13.2 Å². The lowest BCUT2D eigenvalue weighted by atomic mass is 10.1. The molecule has 8 heteroatoms. The first-order valence-electron chi connectivity index (χ1n) is 6.44. The molecular weight excluding hydrogens is 309 g/mol. The van der Waals surface area contributed by atoms with Gasteiger partial charge in [-0.05, 0) is 29.3 Å². The maximum absolute atomic E-state index is 13.5. The summed E-state index contributed by atoms with van der Waals surface area (Å²) in [4.78, 5) is 0. The molecule has 2 aromatic rings. The average Bonchev–Trinajstić information content (AvgIpc) is 2.52. The summed E-state index contributed by atoms with van der Waals surface area (Å²) < 4.78 is 44.6. The number of halogens is 3. The van der Waals surface area contributed by atoms with Crippen LogP contribution in [0.4, 0.5) is 13.2 Å². The maximum atomic E-state index is 13.5. The first-order valence-corrected chi connectivity index (χ1v) is 6.44. The van der Waals surface area contributed by atoms with Crippen molar-refractivity contribution >= 4 is 12.2 Å². The van der Waals surface area contributed by atoms with Gasteiger partial charge in [0.1, 0.15) is 6.61 Å². The Kier molecular flexibility index (Phi) is 5.19. The lowest BCUT2D eigenvalue weighted by molar-refractivity contribution is 0.281. The van der Waals surface area contributed by atoms with E-state index in [0.717, 1.165) is 12.1 Å². The third kappa shape index (κ3) is 4.47. The minimum atomic E-state index is -1.57. The highest BCUT2D eigenvalue weighted by Gasteiger charge is 2.14. The summed E-state index contributed by atoms with van der Waals surface area (Å²) in [5.41, 5.74) is 11.6. The van der Waals surface area contributed by atoms with Gasteiger partial charge in [0.25, 0.3) is 0 Å². The molecule has 4 N–H and O–H groups in total. The smallest absolute Gasteiger partial charge is 0.211 e. The second kappa shape index (κ2) is 7.30. The van der Waals surface area contributed by atoms with Gasteiger partial charge in [0.2, 0.25) is 11.8 Å². The van der Waals surface area contributed by atoms with E-state index in [1.807, 2.05) is 0 Å². The summed E-state index contributed by atoms with van der Waals surface area (Å²) in [5, 5.41) is 7.11. The highest BCUT2D eigenvalue weighted by atomic mass is 19.2. The molecular formula is C15H13F3N4O. The van der Waals surface area contributed by atoms with Gasteiger partial charge in [0.15, 0.2) is 17.4 Å². The Labute approximate surface area is 130 Å². The zero-order valence-electron chi connectivity index (χ0n) is 11.8. The minimum absolute atomic E-state index is 0.0357. The molecule has 0 aromatic heterocycles. The van der Waals surface area contributed by atoms with Crippen molar-refractivity contribution in [1.29, 1.82) is 0 Å². The minimum Gasteiger partial charge on any atom is -0.486 e. The molecule has 0 aliphatic rings. The molecule has 0 unspecified atom stereocenters. The fourth-order valence-electron chi connectivity index (χ4n) is 1.71. The van der Waals surface area contributed by atoms with E-state index in [4.69, 9.17) is 16.2 Å². The van der Waals surface area contributed by atoms with Gasteiger partial charge in [-0.15, -0.1) is 5.10 Å². The summed E-state index contributed by atoms with van der Waals surface area (Å²) >= 11 is 0. The monoisotopic (exact) mass is 322 g/mol. The van der Waals surface area contributed by atoms with E-state index < -0.39 is 17.5 Å². The molecule has 0 aliphatic carbocycles. The molecule has 0 saturated heterocycles. The molecule has 2 aromatic carbocycles. The molecule has 0 amide bonds. The highest BCUT2D eigenvalue weighted by Crippen LogP contribution is 2.22. The van der Waals surface area contributed by atoms with Crippen LogP contribution in [0.25, 0.3) is 0 Å². The van der Waals surface area contributed by atoms with Crippen molar-refractivity contribution in [3.05, 3.63) is 65.0 Å². The molecule has 0 fully saturated rings. The second-order valence-electron chi connectivity index (χ2n) is 4.48. The molecule has 0 heterocycles. The Morgan fingerprint density at radius 1 is 1.09 bits per heavy atom. The number of rotatable bonds is 5. The summed E-state index contributed by atoms with van der Waals surface area (Å²) in [7, 11) is 0. The molecule has 0 bridgehead atoms. The van der Waals surface area contributed by atoms with Crippen molar-refractivity contribution in [1.82, 2.24) is 0 Å². The third-order valence-electron chi connectivity index (χ3n) is 2.73. The van der Waals surface area contributed by atoms with Gasteiger partial charge in [0.05, 0.1) is 6.21 Å². The summed E-state index contributed by atoms with van der Waals surface area (Å²) in [6.45, 7) is -0.0357. The van der Waals surface area contributed by atoms with Crippen molar-refractivity contribution in [2.75, 3.05) is 0 Å². The van der Waals surface area contributed by atoms with Crippen molar-refractivity contribution in [3.8, 4) is 5.75 Å². The fourth-order valence-corrected chi connectivity index (χ4v) is 1.71. The van der Waals surface area contributed by atoms with Gasteiger partial charge in [-0.3, -0.25) is 0 Å². The quantitative estimate of drug-likeness (QED) is 0.383. The van der Waals surface area contributed by atoms with E-state index >= 15 is 0 Å². The number of ether oxygens (including phenoxy) is 1. The molecule has 0 saturated carbocycles. The molecule has 0 spiro atoms. The van der Waals surface area contributed by atoms with Gasteiger partial charge in [-0.25, -0.2) is 8.78 Å². The van der Waals surface area contributed by atoms with Crippen LogP contribution in [-0.4, -0.2) is 12.2 Å². The normalized spacial score (nSPS) is 10.7. The molecule has 23 heavy (non-hydrogen) atoms. The van der Waals surface area contributed by atoms with E-state index in [1.165, 1.54) is 6.21 Å². The Bertz CT molecular complexity index is 758. The number of nitrogens with two attached hydrogens (primary N) is 2. The predicted molar refractivity (Wildman–Crippen MR) is 80.5 cm³/mol. The highest BCUT2D eigenvalue weighted by molar-refractivity contribution is 5.81. The van der Waals surface area contributed by atoms with Crippen LogP contribution in [0.5, 0.6) is 5.75 Å². The Balaban J connectivity index is 2.08. The fraction of sp³-hybridized carbons (Fsp3) is 0.0667. The topological polar surface area (TPSA) is 86.0 Å². The standard InChI is InChI=1S/C15H13F3N4O/c16-11-4-5-12(14(18)13(11)17)23-8-10-3-1-2-9(6-10)7-21-22-15(19)20/h1-7H,8H2,(H4,19,20,22). The number of benzene rings is 2. The summed E-state index contributed by atoms with van der Waals surface area (Å²) in [5.74, 6) is -4.75. The molecule has 5 nitrogen and oxygen atoms in total. The zero-order chi connectivity index (χ0) is 16.8. The van der Waals surface area contributed by atoms with Crippen LogP contribution in [0.15, 0.2) is 46.6 Å². The first kappa shape index (κ1) is 16.3. The van der Waals surface area contributed by atoms with Crippen LogP contribution >= 0.6 is 0 Å². The summed E-state index contributed by atoms with van der Waals surface area (Å²) in [6, 6.07) is 8.70. The Morgan fingerprint density at radius 3 is 2.61 bits per heavy atom. The predicted octanol–water partition coefficient (Wildman–Crippen LogP) is 2.29. The Morgan fingerprint density at radius 2 is 1.87 bits per heavy atom. The van der Waals surface area contributed by atoms with Crippen molar-refractivity contribution in [2.24, 2.45) is 21.7 Å². The number of nitrogens with zero attached hydrogens (tertiary/aromatic N) is 2. The van der Waals surface area contributed by atoms with Crippen LogP contribution in [0, 0.1) is 17.5 Å². The summed E-state index contributed by atoms with van der Waals surface area (Å²) in [6.07, 6.45) is 1.42. The first-order chi connectivity index (χ1) is 11.0. The lowest BCUT2D eigenvalue weighted by Gasteiger charge is -2.08. The zero-order valence-corrected chi connectivity index (χ0v) is 11.8. The Hall–Kier alpha value is -3.03. The number of hydrogen-bond acceptors (Lipinski definition) is 3. The van der Waals surface area contributed by atoms with Gasteiger partial charge >= 0.3 is 0 Å². The van der Waals surface area contributed by atoms with Crippen molar-refractivity contribution < 1.29 is 17.9 Å². The largest absolute Gasteiger partial charge is 0.486 e. The van der Waals surface area contributed by atoms with Crippen LogP contribution < -0.4 is 16.2 Å². The van der Waals surface area contributed by atoms with Crippen LogP contribution in [0.1, 0.15) is 11.1 Å². The van der Waals surface area contributed by atoms with Gasteiger partial charge in [0, 0.05) is 0 Å². The van der Waals surface area contributed by atoms with Gasteiger partial charge < -0.3 is 16.2 Å². The molecule has 2 rings (SSSR count). The van der Waals surface area contributed by atoms with Crippen LogP contribution in [0.2, 0.25) is 0 Å². The lowest BCUT2D eigenvalue weighted by Crippen LogP contribution is -2.21. The molecule has 0 radical (unpaired) electrons. The molecule has 120 valence electrons. The SMILES string of the molecule is NC(N)=NN=Cc1cccc(COc2ccc(F)c(F)c2F)c1. The second-order valence-corrected chi connectivity index (χ2v) is 4.48. The van der Waals surface area contributed by atoms with E-state index in [0.29, 0.717) is 11.1 Å². The maximum Gasteiger partial charge on any atom is 0.211 e. The van der Waals surface area contributed by atoms with Gasteiger partial charge in [-0.2, -0.15) is 9.49 Å². The van der Waals surface area contributed by atoms with E-state index in [1.54, 1.807) is 24.3 Å². The van der Waals surface area contributed by atoms with E-state index in [2.05, 4.69) is 10.2 Å². The van der Waals surface area contributed by atoms with Crippen LogP contribution in [0.3, 0.4) is 0 Å². The van der Waals surface area contributed by atoms with Crippen molar-refractivity contribution in [2.45, 2.75) is 6.61 Å². The molecule has 0 aliphatic heterocycles. The van der Waals surface area contributed by atoms with Crippen LogP contribution in [-0.2, 0) is 6.61 Å². The number of hydrogen-bond donors (Lipinski definition) is 2. The van der Waals surface area contributed by atoms with Gasteiger partial charge in [-0.1, -0.05) is 18.2 Å². The average molecular weight is 322 g/mol. The number of guanidine groups is 1. The van der Waals surface area contributed by atoms with Crippen molar-refractivity contribution in [3.63, 3.8) is 0 Å². The third-order valence-corrected chi connectivity index (χ3v) is 2.73. The van der Waals surface area contributed by atoms with E-state index in [-0.39, 0.29) is 18.3 Å². The molecule has 0 atom stereocenters.